The topological polar surface area (TPSA) is 37.6 Å². The summed E-state index contributed by atoms with van der Waals surface area (Å²) < 4.78 is 1.00. The minimum Gasteiger partial charge on any atom is -0.252 e. The Kier molecular flexibility index (Phi) is 7.27. The van der Waals surface area contributed by atoms with Crippen LogP contribution in [0.4, 0.5) is 11.4 Å². The third-order valence-corrected chi connectivity index (χ3v) is 5.85. The van der Waals surface area contributed by atoms with E-state index >= 15 is 0 Å². The molecule has 31 heavy (non-hydrogen) atoms. The predicted molar refractivity (Wildman–Crippen MR) is 138 cm³/mol. The molecule has 0 amide bonds. The summed E-state index contributed by atoms with van der Waals surface area (Å²) in [4.78, 5) is 14.5. The van der Waals surface area contributed by atoms with Crippen molar-refractivity contribution in [2.75, 3.05) is 0 Å². The number of hydrogen-bond donors (Lipinski definition) is 0. The molecular weight excluding hydrogens is 445 g/mol. The highest BCUT2D eigenvalue weighted by atomic mass is 79.9. The van der Waals surface area contributed by atoms with Crippen LogP contribution in [0, 0.1) is 20.8 Å². The van der Waals surface area contributed by atoms with Gasteiger partial charge in [-0.25, -0.2) is 4.98 Å². The zero-order chi connectivity index (χ0) is 22.7. The lowest BCUT2D eigenvalue weighted by Crippen LogP contribution is -2.09. The number of aryl methyl sites for hydroxylation is 4. The number of rotatable bonds is 5. The molecule has 156 valence electrons. The molecule has 3 rings (SSSR count). The fraction of sp³-hybridized carbons (Fsp3) is 0.269. The Morgan fingerprint density at radius 3 is 2.03 bits per heavy atom. The molecule has 2 radical (unpaired) electrons. The summed E-state index contributed by atoms with van der Waals surface area (Å²) in [5.74, 6) is 0. The summed E-state index contributed by atoms with van der Waals surface area (Å²) in [6.45, 7) is 12.3. The molecular formula is C26H27BBrN3. The maximum atomic E-state index is 6.21. The first-order valence-corrected chi connectivity index (χ1v) is 11.2. The summed E-state index contributed by atoms with van der Waals surface area (Å²) >= 11 is 3.67. The molecule has 0 aliphatic rings. The molecule has 0 bridgehead atoms. The van der Waals surface area contributed by atoms with Crippen LogP contribution in [0.1, 0.15) is 54.4 Å². The Hall–Kier alpha value is -2.53. The van der Waals surface area contributed by atoms with E-state index in [0.717, 1.165) is 61.8 Å². The number of hydrogen-bond acceptors (Lipinski definition) is 3. The van der Waals surface area contributed by atoms with Crippen molar-refractivity contribution in [2.45, 2.75) is 48.0 Å². The Morgan fingerprint density at radius 1 is 0.903 bits per heavy atom. The van der Waals surface area contributed by atoms with Gasteiger partial charge in [0.25, 0.3) is 0 Å². The average molecular weight is 472 g/mol. The first-order chi connectivity index (χ1) is 14.7. The SMILES string of the molecule is [B]c1cc(C)cc(C)c1N=C(C)c1cccc(C(C)=Nc2c(C)cc(CC)cc2Br)n1. The molecule has 0 aliphatic carbocycles. The maximum Gasteiger partial charge on any atom is 0.116 e. The normalized spacial score (nSPS) is 12.4. The van der Waals surface area contributed by atoms with E-state index in [-0.39, 0.29) is 0 Å². The van der Waals surface area contributed by atoms with Gasteiger partial charge in [0.2, 0.25) is 0 Å². The number of aromatic nitrogens is 1. The number of aliphatic imine (C=N–C) groups is 2. The summed E-state index contributed by atoms with van der Waals surface area (Å²) in [5, 5.41) is 0. The Balaban J connectivity index is 1.98. The molecule has 5 heteroatoms. The molecule has 0 unspecified atom stereocenters. The second-order valence-electron chi connectivity index (χ2n) is 7.92. The van der Waals surface area contributed by atoms with Gasteiger partial charge >= 0.3 is 0 Å². The lowest BCUT2D eigenvalue weighted by Gasteiger charge is -2.10. The minimum absolute atomic E-state index is 0.682. The third kappa shape index (κ3) is 5.40. The lowest BCUT2D eigenvalue weighted by molar-refractivity contribution is 1.12. The van der Waals surface area contributed by atoms with Crippen molar-refractivity contribution in [1.82, 2.24) is 4.98 Å². The van der Waals surface area contributed by atoms with E-state index < -0.39 is 0 Å². The van der Waals surface area contributed by atoms with Crippen molar-refractivity contribution in [1.29, 1.82) is 0 Å². The van der Waals surface area contributed by atoms with Gasteiger partial charge in [0, 0.05) is 4.47 Å². The van der Waals surface area contributed by atoms with Gasteiger partial charge in [0.15, 0.2) is 0 Å². The smallest absolute Gasteiger partial charge is 0.116 e. The standard InChI is InChI=1S/C26H27BBrN3/c1-7-20-13-17(4)26(22(28)14-20)30-19(6)24-10-8-9-23(31-24)18(5)29-25-16(3)11-15(2)12-21(25)27/h8-14H,7H2,1-6H3. The van der Waals surface area contributed by atoms with Gasteiger partial charge in [-0.05, 0) is 91.9 Å². The lowest BCUT2D eigenvalue weighted by atomic mass is 9.90. The second kappa shape index (κ2) is 9.74. The molecule has 1 heterocycles. The highest BCUT2D eigenvalue weighted by molar-refractivity contribution is 9.10. The van der Waals surface area contributed by atoms with Gasteiger partial charge in [0.05, 0.1) is 34.2 Å². The highest BCUT2D eigenvalue weighted by Crippen LogP contribution is 2.31. The fourth-order valence-corrected chi connectivity index (χ4v) is 4.28. The van der Waals surface area contributed by atoms with Gasteiger partial charge in [-0.3, -0.25) is 9.98 Å². The number of nitrogens with zero attached hydrogens (tertiary/aromatic N) is 3. The van der Waals surface area contributed by atoms with Crippen LogP contribution in [0.2, 0.25) is 0 Å². The van der Waals surface area contributed by atoms with Crippen LogP contribution >= 0.6 is 15.9 Å². The van der Waals surface area contributed by atoms with Crippen LogP contribution < -0.4 is 5.46 Å². The fourth-order valence-electron chi connectivity index (χ4n) is 3.59. The van der Waals surface area contributed by atoms with E-state index in [1.165, 1.54) is 5.56 Å². The van der Waals surface area contributed by atoms with E-state index in [1.807, 2.05) is 52.0 Å². The number of halogens is 1. The molecule has 2 aromatic carbocycles. The van der Waals surface area contributed by atoms with Gasteiger partial charge in [-0.15, -0.1) is 0 Å². The van der Waals surface area contributed by atoms with Crippen LogP contribution in [0.3, 0.4) is 0 Å². The van der Waals surface area contributed by atoms with Gasteiger partial charge in [-0.1, -0.05) is 42.2 Å². The summed E-state index contributed by atoms with van der Waals surface area (Å²) in [5.41, 5.74) is 10.4. The predicted octanol–water partition coefficient (Wildman–Crippen LogP) is 6.41. The molecule has 0 saturated heterocycles. The van der Waals surface area contributed by atoms with E-state index in [9.17, 15) is 0 Å². The molecule has 0 atom stereocenters. The average Bonchev–Trinajstić information content (AvgIpc) is 2.72. The van der Waals surface area contributed by atoms with Gasteiger partial charge < -0.3 is 0 Å². The Labute approximate surface area is 195 Å². The van der Waals surface area contributed by atoms with E-state index in [0.29, 0.717) is 5.46 Å². The van der Waals surface area contributed by atoms with Crippen molar-refractivity contribution in [3.63, 3.8) is 0 Å². The second-order valence-corrected chi connectivity index (χ2v) is 8.77. The van der Waals surface area contributed by atoms with Crippen LogP contribution in [0.15, 0.2) is 56.9 Å². The van der Waals surface area contributed by atoms with Crippen LogP contribution in [-0.4, -0.2) is 24.3 Å². The molecule has 0 saturated carbocycles. The molecule has 0 N–H and O–H groups in total. The van der Waals surface area contributed by atoms with Crippen molar-refractivity contribution in [2.24, 2.45) is 9.98 Å². The monoisotopic (exact) mass is 471 g/mol. The first-order valence-electron chi connectivity index (χ1n) is 10.4. The zero-order valence-corrected chi connectivity index (χ0v) is 20.6. The van der Waals surface area contributed by atoms with E-state index in [2.05, 4.69) is 48.0 Å². The van der Waals surface area contributed by atoms with Crippen molar-refractivity contribution in [3.8, 4) is 0 Å². The largest absolute Gasteiger partial charge is 0.252 e. The molecule has 3 aromatic rings. The zero-order valence-electron chi connectivity index (χ0n) is 19.0. The summed E-state index contributed by atoms with van der Waals surface area (Å²) in [6, 6.07) is 14.3. The first kappa shape index (κ1) is 23.1. The molecule has 0 aliphatic heterocycles. The van der Waals surface area contributed by atoms with Gasteiger partial charge in [0.1, 0.15) is 7.85 Å². The Bertz CT molecular complexity index is 1150. The van der Waals surface area contributed by atoms with Crippen molar-refractivity contribution < 1.29 is 0 Å². The minimum atomic E-state index is 0.682. The quantitative estimate of drug-likeness (QED) is 0.313. The van der Waals surface area contributed by atoms with Crippen molar-refractivity contribution in [3.05, 3.63) is 80.6 Å². The number of pyridine rings is 1. The summed E-state index contributed by atoms with van der Waals surface area (Å²) in [7, 11) is 6.21. The van der Waals surface area contributed by atoms with Crippen LogP contribution in [-0.2, 0) is 6.42 Å². The Morgan fingerprint density at radius 2 is 1.48 bits per heavy atom. The summed E-state index contributed by atoms with van der Waals surface area (Å²) in [6.07, 6.45) is 0.996. The molecule has 3 nitrogen and oxygen atoms in total. The maximum absolute atomic E-state index is 6.21. The molecule has 0 fully saturated rings. The van der Waals surface area contributed by atoms with Crippen LogP contribution in [0.25, 0.3) is 0 Å². The molecule has 1 aromatic heterocycles. The van der Waals surface area contributed by atoms with E-state index in [1.54, 1.807) is 0 Å². The number of benzene rings is 2. The molecule has 0 spiro atoms. The van der Waals surface area contributed by atoms with E-state index in [4.69, 9.17) is 22.8 Å². The third-order valence-electron chi connectivity index (χ3n) is 5.25. The van der Waals surface area contributed by atoms with Crippen LogP contribution in [0.5, 0.6) is 0 Å². The van der Waals surface area contributed by atoms with Crippen molar-refractivity contribution >= 4 is 52.0 Å². The van der Waals surface area contributed by atoms with Gasteiger partial charge in [-0.2, -0.15) is 0 Å². The highest BCUT2D eigenvalue weighted by Gasteiger charge is 2.10.